The molecule has 0 saturated carbocycles. The number of sulfonamides is 1. The van der Waals surface area contributed by atoms with Crippen LogP contribution in [-0.2, 0) is 16.6 Å². The summed E-state index contributed by atoms with van der Waals surface area (Å²) in [5.74, 6) is 0.0136. The smallest absolute Gasteiger partial charge is 0.246 e. The van der Waals surface area contributed by atoms with Crippen molar-refractivity contribution in [2.75, 3.05) is 5.73 Å². The summed E-state index contributed by atoms with van der Waals surface area (Å²) in [5.41, 5.74) is 6.93. The number of H-pyrrole nitrogens is 1. The maximum atomic E-state index is 11.9. The second-order valence-corrected chi connectivity index (χ2v) is 5.48. The summed E-state index contributed by atoms with van der Waals surface area (Å²) in [5, 5.41) is 5.95. The first-order chi connectivity index (χ1) is 8.49. The van der Waals surface area contributed by atoms with Gasteiger partial charge < -0.3 is 5.73 Å². The maximum absolute atomic E-state index is 11.9. The minimum absolute atomic E-state index is 0.0136. The molecule has 0 atom stereocenters. The average molecular weight is 267 g/mol. The third kappa shape index (κ3) is 2.66. The van der Waals surface area contributed by atoms with Crippen molar-refractivity contribution < 1.29 is 8.42 Å². The van der Waals surface area contributed by atoms with Crippen molar-refractivity contribution in [1.82, 2.24) is 19.9 Å². The van der Waals surface area contributed by atoms with Crippen LogP contribution in [0.2, 0.25) is 0 Å². The highest BCUT2D eigenvalue weighted by Crippen LogP contribution is 2.13. The largest absolute Gasteiger partial charge is 0.383 e. The van der Waals surface area contributed by atoms with Crippen LogP contribution in [0.15, 0.2) is 29.3 Å². The molecule has 0 aliphatic rings. The van der Waals surface area contributed by atoms with Crippen molar-refractivity contribution in [3.63, 3.8) is 0 Å². The first-order valence-electron chi connectivity index (χ1n) is 5.20. The first kappa shape index (κ1) is 12.5. The fraction of sp³-hybridized carbons (Fsp3) is 0.200. The van der Waals surface area contributed by atoms with Crippen LogP contribution in [0.25, 0.3) is 0 Å². The molecule has 2 aromatic rings. The molecule has 0 spiro atoms. The van der Waals surface area contributed by atoms with Crippen LogP contribution >= 0.6 is 0 Å². The van der Waals surface area contributed by atoms with Gasteiger partial charge in [0.15, 0.2) is 0 Å². The van der Waals surface area contributed by atoms with Gasteiger partial charge in [-0.1, -0.05) is 6.07 Å². The van der Waals surface area contributed by atoms with Crippen molar-refractivity contribution in [2.24, 2.45) is 0 Å². The predicted molar refractivity (Wildman–Crippen MR) is 66.0 cm³/mol. The number of aromatic amines is 1. The number of aromatic nitrogens is 3. The Morgan fingerprint density at radius 1 is 1.44 bits per heavy atom. The number of nitrogen functional groups attached to an aromatic ring is 1. The molecule has 0 amide bonds. The second kappa shape index (κ2) is 4.75. The molecule has 0 bridgehead atoms. The molecule has 0 aliphatic heterocycles. The van der Waals surface area contributed by atoms with Gasteiger partial charge in [-0.05, 0) is 19.1 Å². The highest BCUT2D eigenvalue weighted by atomic mass is 32.2. The molecule has 4 N–H and O–H groups in total. The quantitative estimate of drug-likeness (QED) is 0.731. The maximum Gasteiger partial charge on any atom is 0.246 e. The fourth-order valence-electron chi connectivity index (χ4n) is 1.44. The van der Waals surface area contributed by atoms with Gasteiger partial charge in [0.1, 0.15) is 10.7 Å². The van der Waals surface area contributed by atoms with Gasteiger partial charge in [0.05, 0.1) is 18.4 Å². The molecule has 0 saturated heterocycles. The number of anilines is 1. The van der Waals surface area contributed by atoms with Crippen molar-refractivity contribution in [2.45, 2.75) is 18.4 Å². The molecule has 2 rings (SSSR count). The van der Waals surface area contributed by atoms with Crippen LogP contribution in [0, 0.1) is 6.92 Å². The molecule has 0 aliphatic carbocycles. The zero-order valence-corrected chi connectivity index (χ0v) is 10.5. The van der Waals surface area contributed by atoms with E-state index in [2.05, 4.69) is 19.9 Å². The molecule has 0 fully saturated rings. The van der Waals surface area contributed by atoms with Gasteiger partial charge in [-0.2, -0.15) is 5.10 Å². The monoisotopic (exact) mass is 267 g/mol. The van der Waals surface area contributed by atoms with Gasteiger partial charge in [0.2, 0.25) is 10.0 Å². The number of nitrogens with zero attached hydrogens (tertiary/aromatic N) is 2. The van der Waals surface area contributed by atoms with E-state index in [1.54, 1.807) is 6.07 Å². The Morgan fingerprint density at radius 3 is 2.83 bits per heavy atom. The average Bonchev–Trinajstić information content (AvgIpc) is 2.74. The number of nitrogens with one attached hydrogen (secondary N) is 2. The van der Waals surface area contributed by atoms with E-state index in [4.69, 9.17) is 5.73 Å². The summed E-state index contributed by atoms with van der Waals surface area (Å²) >= 11 is 0. The summed E-state index contributed by atoms with van der Waals surface area (Å²) in [6.45, 7) is 1.95. The molecule has 7 nitrogen and oxygen atoms in total. The van der Waals surface area contributed by atoms with Gasteiger partial charge in [-0.3, -0.25) is 10.1 Å². The Bertz CT molecular complexity index is 650. The number of hydrogen-bond donors (Lipinski definition) is 3. The van der Waals surface area contributed by atoms with Crippen molar-refractivity contribution in [3.05, 3.63) is 35.8 Å². The van der Waals surface area contributed by atoms with Crippen LogP contribution in [0.3, 0.4) is 0 Å². The lowest BCUT2D eigenvalue weighted by Crippen LogP contribution is -2.24. The highest BCUT2D eigenvalue weighted by molar-refractivity contribution is 7.89. The second-order valence-electron chi connectivity index (χ2n) is 3.74. The van der Waals surface area contributed by atoms with Crippen LogP contribution in [0.4, 0.5) is 5.82 Å². The zero-order valence-electron chi connectivity index (χ0n) is 9.71. The van der Waals surface area contributed by atoms with E-state index in [-0.39, 0.29) is 17.3 Å². The molecule has 0 aromatic carbocycles. The molecule has 96 valence electrons. The van der Waals surface area contributed by atoms with Gasteiger partial charge >= 0.3 is 0 Å². The Balaban J connectivity index is 2.13. The number of hydrogen-bond acceptors (Lipinski definition) is 5. The number of nitrogens with two attached hydrogens (primary N) is 1. The van der Waals surface area contributed by atoms with E-state index >= 15 is 0 Å². The SMILES string of the molecule is Cc1cccc(CNS(=O)(=O)c2cn[nH]c2N)n1. The number of rotatable bonds is 4. The van der Waals surface area contributed by atoms with Crippen molar-refractivity contribution >= 4 is 15.8 Å². The molecule has 8 heteroatoms. The standard InChI is InChI=1S/C10H13N5O2S/c1-7-3-2-4-8(14-7)5-13-18(16,17)9-6-12-15-10(9)11/h2-4,6,13H,5H2,1H3,(H3,11,12,15). The minimum Gasteiger partial charge on any atom is -0.383 e. The number of aryl methyl sites for hydroxylation is 1. The Hall–Kier alpha value is -1.93. The summed E-state index contributed by atoms with van der Waals surface area (Å²) in [6, 6.07) is 5.40. The Morgan fingerprint density at radius 2 is 2.22 bits per heavy atom. The van der Waals surface area contributed by atoms with E-state index in [0.29, 0.717) is 5.69 Å². The highest BCUT2D eigenvalue weighted by Gasteiger charge is 2.18. The van der Waals surface area contributed by atoms with Gasteiger partial charge in [0, 0.05) is 5.69 Å². The Labute approximate surface area is 104 Å². The molecule has 18 heavy (non-hydrogen) atoms. The van der Waals surface area contributed by atoms with E-state index in [1.807, 2.05) is 19.1 Å². The molecular formula is C10H13N5O2S. The van der Waals surface area contributed by atoms with E-state index in [0.717, 1.165) is 5.69 Å². The molecule has 0 radical (unpaired) electrons. The third-order valence-corrected chi connectivity index (χ3v) is 3.74. The Kier molecular flexibility index (Phi) is 3.30. The molecular weight excluding hydrogens is 254 g/mol. The van der Waals surface area contributed by atoms with Crippen LogP contribution in [0.5, 0.6) is 0 Å². The summed E-state index contributed by atoms with van der Waals surface area (Å²) in [6.07, 6.45) is 1.17. The van der Waals surface area contributed by atoms with Crippen molar-refractivity contribution in [3.8, 4) is 0 Å². The van der Waals surface area contributed by atoms with Gasteiger partial charge in [-0.25, -0.2) is 13.1 Å². The molecule has 0 unspecified atom stereocenters. The van der Waals surface area contributed by atoms with Crippen LogP contribution in [0.1, 0.15) is 11.4 Å². The fourth-order valence-corrected chi connectivity index (χ4v) is 2.46. The normalized spacial score (nSPS) is 11.6. The first-order valence-corrected chi connectivity index (χ1v) is 6.68. The predicted octanol–water partition coefficient (Wildman–Crippen LogP) is 0.174. The van der Waals surface area contributed by atoms with Gasteiger partial charge in [-0.15, -0.1) is 0 Å². The molecule has 2 heterocycles. The zero-order chi connectivity index (χ0) is 13.2. The topological polar surface area (TPSA) is 114 Å². The third-order valence-electron chi connectivity index (χ3n) is 2.31. The summed E-state index contributed by atoms with van der Waals surface area (Å²) < 4.78 is 26.2. The molecule has 2 aromatic heterocycles. The van der Waals surface area contributed by atoms with Gasteiger partial charge in [0.25, 0.3) is 0 Å². The van der Waals surface area contributed by atoms with E-state index < -0.39 is 10.0 Å². The van der Waals surface area contributed by atoms with Crippen LogP contribution in [-0.4, -0.2) is 23.6 Å². The van der Waals surface area contributed by atoms with Crippen molar-refractivity contribution in [1.29, 1.82) is 0 Å². The number of pyridine rings is 1. The van der Waals surface area contributed by atoms with E-state index in [9.17, 15) is 8.42 Å². The lowest BCUT2D eigenvalue weighted by molar-refractivity contribution is 0.581. The van der Waals surface area contributed by atoms with Crippen LogP contribution < -0.4 is 10.5 Å². The summed E-state index contributed by atoms with van der Waals surface area (Å²) in [7, 11) is -3.67. The van der Waals surface area contributed by atoms with E-state index in [1.165, 1.54) is 6.20 Å². The summed E-state index contributed by atoms with van der Waals surface area (Å²) in [4.78, 5) is 4.14. The minimum atomic E-state index is -3.67. The lowest BCUT2D eigenvalue weighted by Gasteiger charge is -2.05. The lowest BCUT2D eigenvalue weighted by atomic mass is 10.3.